The Bertz CT molecular complexity index is 633. The molecule has 2 N–H and O–H groups in total. The minimum absolute atomic E-state index is 0.0825. The van der Waals surface area contributed by atoms with Crippen molar-refractivity contribution in [3.8, 4) is 0 Å². The fourth-order valence-electron chi connectivity index (χ4n) is 3.42. The second-order valence-corrected chi connectivity index (χ2v) is 6.23. The van der Waals surface area contributed by atoms with Crippen LogP contribution in [0.1, 0.15) is 32.6 Å². The number of amides is 4. The lowest BCUT2D eigenvalue weighted by atomic mass is 9.73. The number of nitrogens with one attached hydrogen (secondary N) is 2. The Morgan fingerprint density at radius 2 is 2.30 bits per heavy atom. The van der Waals surface area contributed by atoms with Gasteiger partial charge in [0.05, 0.1) is 11.9 Å². The predicted molar refractivity (Wildman–Crippen MR) is 83.5 cm³/mol. The smallest absolute Gasteiger partial charge is 0.323 e. The van der Waals surface area contributed by atoms with E-state index in [1.54, 1.807) is 18.3 Å². The summed E-state index contributed by atoms with van der Waals surface area (Å²) in [6, 6.07) is 2.91. The van der Waals surface area contributed by atoms with Crippen molar-refractivity contribution in [2.75, 3.05) is 11.9 Å². The Balaban J connectivity index is 1.69. The maximum absolute atomic E-state index is 12.7. The zero-order valence-electron chi connectivity index (χ0n) is 13.0. The first-order chi connectivity index (χ1) is 11.0. The van der Waals surface area contributed by atoms with Gasteiger partial charge in [-0.05, 0) is 30.9 Å². The van der Waals surface area contributed by atoms with Gasteiger partial charge >= 0.3 is 6.03 Å². The Kier molecular flexibility index (Phi) is 4.02. The molecule has 3 rings (SSSR count). The summed E-state index contributed by atoms with van der Waals surface area (Å²) in [5, 5.41) is 5.47. The molecule has 1 aliphatic heterocycles. The van der Waals surface area contributed by atoms with E-state index in [1.165, 1.54) is 6.20 Å². The standard InChI is InChI=1S/C16H20N4O3/c1-11-5-2-3-7-16(11)14(22)20(15(23)19-16)10-13(21)18-12-6-4-8-17-9-12/h4,6,8-9,11H,2-3,5,7,10H2,1H3,(H,18,21)(H,19,23)/t11-,16+/m1/s1. The summed E-state index contributed by atoms with van der Waals surface area (Å²) >= 11 is 0. The SMILES string of the molecule is C[C@@H]1CCCC[C@]12NC(=O)N(CC(=O)Nc1cccnc1)C2=O. The van der Waals surface area contributed by atoms with E-state index in [4.69, 9.17) is 0 Å². The van der Waals surface area contributed by atoms with Crippen LogP contribution >= 0.6 is 0 Å². The molecule has 0 aromatic carbocycles. The van der Waals surface area contributed by atoms with Crippen LogP contribution in [0.15, 0.2) is 24.5 Å². The number of hydrogen-bond donors (Lipinski definition) is 2. The summed E-state index contributed by atoms with van der Waals surface area (Å²) in [5.41, 5.74) is -0.297. The highest BCUT2D eigenvalue weighted by atomic mass is 16.2. The average Bonchev–Trinajstić information content (AvgIpc) is 2.76. The maximum Gasteiger partial charge on any atom is 0.325 e. The van der Waals surface area contributed by atoms with E-state index in [0.29, 0.717) is 12.1 Å². The van der Waals surface area contributed by atoms with E-state index in [0.717, 1.165) is 24.2 Å². The van der Waals surface area contributed by atoms with Crippen molar-refractivity contribution in [2.24, 2.45) is 5.92 Å². The molecule has 1 spiro atoms. The molecular formula is C16H20N4O3. The van der Waals surface area contributed by atoms with Crippen LogP contribution in [0.3, 0.4) is 0 Å². The molecule has 1 aromatic rings. The number of hydrogen-bond acceptors (Lipinski definition) is 4. The second kappa shape index (κ2) is 5.98. The van der Waals surface area contributed by atoms with Crippen LogP contribution in [-0.4, -0.2) is 39.8 Å². The molecule has 1 aromatic heterocycles. The van der Waals surface area contributed by atoms with Crippen molar-refractivity contribution in [2.45, 2.75) is 38.1 Å². The summed E-state index contributed by atoms with van der Waals surface area (Å²) < 4.78 is 0. The molecule has 23 heavy (non-hydrogen) atoms. The summed E-state index contributed by atoms with van der Waals surface area (Å²) in [7, 11) is 0. The monoisotopic (exact) mass is 316 g/mol. The van der Waals surface area contributed by atoms with Gasteiger partial charge in [0.25, 0.3) is 5.91 Å². The highest BCUT2D eigenvalue weighted by Crippen LogP contribution is 2.38. The molecule has 0 bridgehead atoms. The summed E-state index contributed by atoms with van der Waals surface area (Å²) in [5.74, 6) is -0.614. The molecule has 0 unspecified atom stereocenters. The van der Waals surface area contributed by atoms with E-state index < -0.39 is 17.5 Å². The van der Waals surface area contributed by atoms with Crippen molar-refractivity contribution >= 4 is 23.5 Å². The van der Waals surface area contributed by atoms with Crippen LogP contribution in [0.5, 0.6) is 0 Å². The molecule has 2 atom stereocenters. The number of anilines is 1. The number of imide groups is 1. The molecular weight excluding hydrogens is 296 g/mol. The number of urea groups is 1. The molecule has 2 heterocycles. The van der Waals surface area contributed by atoms with Gasteiger partial charge in [-0.1, -0.05) is 19.8 Å². The van der Waals surface area contributed by atoms with Gasteiger partial charge in [-0.2, -0.15) is 0 Å². The summed E-state index contributed by atoms with van der Waals surface area (Å²) in [4.78, 5) is 42.0. The van der Waals surface area contributed by atoms with Crippen molar-refractivity contribution in [1.29, 1.82) is 0 Å². The first-order valence-electron chi connectivity index (χ1n) is 7.87. The molecule has 2 fully saturated rings. The van der Waals surface area contributed by atoms with Crippen molar-refractivity contribution in [1.82, 2.24) is 15.2 Å². The van der Waals surface area contributed by atoms with Gasteiger partial charge in [-0.25, -0.2) is 4.79 Å². The lowest BCUT2D eigenvalue weighted by Crippen LogP contribution is -2.54. The number of aromatic nitrogens is 1. The maximum atomic E-state index is 12.7. The highest BCUT2D eigenvalue weighted by molar-refractivity contribution is 6.10. The minimum Gasteiger partial charge on any atom is -0.323 e. The normalized spacial score (nSPS) is 27.2. The zero-order valence-corrected chi connectivity index (χ0v) is 13.0. The van der Waals surface area contributed by atoms with Crippen LogP contribution in [0.2, 0.25) is 0 Å². The third-order valence-corrected chi connectivity index (χ3v) is 4.75. The fourth-order valence-corrected chi connectivity index (χ4v) is 3.42. The number of carbonyl (C=O) groups is 3. The number of nitrogens with zero attached hydrogens (tertiary/aromatic N) is 2. The lowest BCUT2D eigenvalue weighted by molar-refractivity contribution is -0.136. The Hall–Kier alpha value is -2.44. The van der Waals surface area contributed by atoms with Gasteiger partial charge in [0.1, 0.15) is 12.1 Å². The number of pyridine rings is 1. The van der Waals surface area contributed by atoms with Crippen LogP contribution in [0.4, 0.5) is 10.5 Å². The van der Waals surface area contributed by atoms with Crippen molar-refractivity contribution in [3.63, 3.8) is 0 Å². The van der Waals surface area contributed by atoms with Gasteiger partial charge in [0.15, 0.2) is 0 Å². The van der Waals surface area contributed by atoms with Crippen molar-refractivity contribution in [3.05, 3.63) is 24.5 Å². The van der Waals surface area contributed by atoms with Crippen LogP contribution < -0.4 is 10.6 Å². The topological polar surface area (TPSA) is 91.4 Å². The number of rotatable bonds is 3. The molecule has 0 radical (unpaired) electrons. The molecule has 122 valence electrons. The third-order valence-electron chi connectivity index (χ3n) is 4.75. The second-order valence-electron chi connectivity index (χ2n) is 6.23. The first kappa shape index (κ1) is 15.5. The van der Waals surface area contributed by atoms with Crippen molar-refractivity contribution < 1.29 is 14.4 Å². The molecule has 1 aliphatic carbocycles. The van der Waals surface area contributed by atoms with E-state index >= 15 is 0 Å². The Morgan fingerprint density at radius 3 is 3.00 bits per heavy atom. The van der Waals surface area contributed by atoms with E-state index in [9.17, 15) is 14.4 Å². The zero-order chi connectivity index (χ0) is 16.4. The molecule has 4 amide bonds. The molecule has 1 saturated carbocycles. The van der Waals surface area contributed by atoms with Crippen LogP contribution in [0, 0.1) is 5.92 Å². The van der Waals surface area contributed by atoms with Crippen LogP contribution in [0.25, 0.3) is 0 Å². The van der Waals surface area contributed by atoms with Gasteiger partial charge in [-0.15, -0.1) is 0 Å². The fraction of sp³-hybridized carbons (Fsp3) is 0.500. The summed E-state index contributed by atoms with van der Waals surface area (Å²) in [6.45, 7) is 1.70. The lowest BCUT2D eigenvalue weighted by Gasteiger charge is -2.36. The van der Waals surface area contributed by atoms with Crippen LogP contribution in [-0.2, 0) is 9.59 Å². The van der Waals surface area contributed by atoms with Gasteiger partial charge in [0.2, 0.25) is 5.91 Å². The molecule has 7 heteroatoms. The summed E-state index contributed by atoms with van der Waals surface area (Å²) in [6.07, 6.45) is 6.62. The van der Waals surface area contributed by atoms with E-state index in [1.807, 2.05) is 6.92 Å². The van der Waals surface area contributed by atoms with Gasteiger partial charge < -0.3 is 10.6 Å². The quantitative estimate of drug-likeness (QED) is 0.827. The third kappa shape index (κ3) is 2.78. The molecule has 2 aliphatic rings. The van der Waals surface area contributed by atoms with E-state index in [-0.39, 0.29) is 18.4 Å². The minimum atomic E-state index is -0.829. The average molecular weight is 316 g/mol. The van der Waals surface area contributed by atoms with E-state index in [2.05, 4.69) is 15.6 Å². The Morgan fingerprint density at radius 1 is 1.48 bits per heavy atom. The molecule has 7 nitrogen and oxygen atoms in total. The highest BCUT2D eigenvalue weighted by Gasteiger charge is 2.55. The van der Waals surface area contributed by atoms with Gasteiger partial charge in [0, 0.05) is 6.20 Å². The largest absolute Gasteiger partial charge is 0.325 e. The molecule has 1 saturated heterocycles. The first-order valence-corrected chi connectivity index (χ1v) is 7.87. The predicted octanol–water partition coefficient (Wildman–Crippen LogP) is 1.52. The number of carbonyl (C=O) groups excluding carboxylic acids is 3. The Labute approximate surface area is 134 Å². The van der Waals surface area contributed by atoms with Gasteiger partial charge in [-0.3, -0.25) is 19.5 Å².